The second kappa shape index (κ2) is 5.76. The van der Waals surface area contributed by atoms with E-state index in [2.05, 4.69) is 0 Å². The van der Waals surface area contributed by atoms with Gasteiger partial charge < -0.3 is 15.4 Å². The number of ether oxygens (including phenoxy) is 1. The van der Waals surface area contributed by atoms with Crippen molar-refractivity contribution in [3.63, 3.8) is 0 Å². The predicted octanol–water partition coefficient (Wildman–Crippen LogP) is 2.29. The van der Waals surface area contributed by atoms with Crippen LogP contribution >= 0.6 is 0 Å². The van der Waals surface area contributed by atoms with E-state index in [0.29, 0.717) is 23.6 Å². The maximum atomic E-state index is 12.5. The van der Waals surface area contributed by atoms with Crippen molar-refractivity contribution in [3.8, 4) is 5.75 Å². The summed E-state index contributed by atoms with van der Waals surface area (Å²) in [6, 6.07) is 5.37. The number of piperidine rings is 1. The van der Waals surface area contributed by atoms with Crippen LogP contribution in [0.15, 0.2) is 18.2 Å². The summed E-state index contributed by atoms with van der Waals surface area (Å²) in [6.07, 6.45) is 3.34. The van der Waals surface area contributed by atoms with Gasteiger partial charge in [0.1, 0.15) is 11.3 Å². The molecule has 4 heteroatoms. The van der Waals surface area contributed by atoms with Gasteiger partial charge in [-0.25, -0.2) is 0 Å². The maximum absolute atomic E-state index is 12.5. The SMILES string of the molecule is CCOc1cccc(N)c1C(=O)N1CCCCC1. The van der Waals surface area contributed by atoms with Gasteiger partial charge in [-0.05, 0) is 38.3 Å². The minimum Gasteiger partial charge on any atom is -0.493 e. The largest absolute Gasteiger partial charge is 0.493 e. The van der Waals surface area contributed by atoms with E-state index in [4.69, 9.17) is 10.5 Å². The van der Waals surface area contributed by atoms with Gasteiger partial charge in [0.2, 0.25) is 0 Å². The van der Waals surface area contributed by atoms with E-state index in [1.165, 1.54) is 6.42 Å². The number of amides is 1. The molecule has 2 rings (SSSR count). The van der Waals surface area contributed by atoms with Crippen molar-refractivity contribution in [1.82, 2.24) is 4.90 Å². The third kappa shape index (κ3) is 2.58. The minimum absolute atomic E-state index is 0.00347. The standard InChI is InChI=1S/C14H20N2O2/c1-2-18-12-8-6-7-11(15)13(12)14(17)16-9-4-3-5-10-16/h6-8H,2-5,9-10,15H2,1H3. The topological polar surface area (TPSA) is 55.6 Å². The zero-order chi connectivity index (χ0) is 13.0. The summed E-state index contributed by atoms with van der Waals surface area (Å²) in [4.78, 5) is 14.4. The van der Waals surface area contributed by atoms with Crippen LogP contribution < -0.4 is 10.5 Å². The molecular weight excluding hydrogens is 228 g/mol. The van der Waals surface area contributed by atoms with Crippen molar-refractivity contribution in [2.45, 2.75) is 26.2 Å². The Morgan fingerprint density at radius 2 is 2.06 bits per heavy atom. The molecule has 1 fully saturated rings. The van der Waals surface area contributed by atoms with Gasteiger partial charge in [-0.2, -0.15) is 0 Å². The fraction of sp³-hybridized carbons (Fsp3) is 0.500. The highest BCUT2D eigenvalue weighted by Crippen LogP contribution is 2.27. The molecule has 0 spiro atoms. The van der Waals surface area contributed by atoms with Crippen molar-refractivity contribution in [3.05, 3.63) is 23.8 Å². The van der Waals surface area contributed by atoms with Crippen molar-refractivity contribution >= 4 is 11.6 Å². The second-order valence-corrected chi connectivity index (χ2v) is 4.51. The summed E-state index contributed by atoms with van der Waals surface area (Å²) in [5, 5.41) is 0. The molecule has 0 bridgehead atoms. The lowest BCUT2D eigenvalue weighted by molar-refractivity contribution is 0.0721. The lowest BCUT2D eigenvalue weighted by Gasteiger charge is -2.27. The molecule has 1 aromatic rings. The van der Waals surface area contributed by atoms with Gasteiger partial charge in [-0.15, -0.1) is 0 Å². The van der Waals surface area contributed by atoms with E-state index >= 15 is 0 Å². The molecule has 0 saturated carbocycles. The van der Waals surface area contributed by atoms with Crippen molar-refractivity contribution < 1.29 is 9.53 Å². The highest BCUT2D eigenvalue weighted by atomic mass is 16.5. The number of carbonyl (C=O) groups is 1. The molecule has 98 valence electrons. The zero-order valence-electron chi connectivity index (χ0n) is 10.8. The molecule has 0 aliphatic carbocycles. The number of hydrogen-bond donors (Lipinski definition) is 1. The van der Waals surface area contributed by atoms with Crippen LogP contribution in [0.25, 0.3) is 0 Å². The number of rotatable bonds is 3. The van der Waals surface area contributed by atoms with Crippen LogP contribution in [0.5, 0.6) is 5.75 Å². The van der Waals surface area contributed by atoms with Crippen molar-refractivity contribution in [2.24, 2.45) is 0 Å². The Balaban J connectivity index is 2.27. The third-order valence-corrected chi connectivity index (χ3v) is 3.22. The first-order chi connectivity index (χ1) is 8.74. The summed E-state index contributed by atoms with van der Waals surface area (Å²) in [7, 11) is 0. The number of anilines is 1. The highest BCUT2D eigenvalue weighted by Gasteiger charge is 2.23. The maximum Gasteiger partial charge on any atom is 0.259 e. The smallest absolute Gasteiger partial charge is 0.259 e. The van der Waals surface area contributed by atoms with Gasteiger partial charge in [-0.1, -0.05) is 6.07 Å². The summed E-state index contributed by atoms with van der Waals surface area (Å²) >= 11 is 0. The summed E-state index contributed by atoms with van der Waals surface area (Å²) in [5.41, 5.74) is 6.94. The fourth-order valence-corrected chi connectivity index (χ4v) is 2.31. The first-order valence-corrected chi connectivity index (χ1v) is 6.54. The molecule has 1 aliphatic rings. The number of nitrogens with zero attached hydrogens (tertiary/aromatic N) is 1. The highest BCUT2D eigenvalue weighted by molar-refractivity contribution is 6.01. The normalized spacial score (nSPS) is 15.5. The van der Waals surface area contributed by atoms with Crippen LogP contribution in [0.2, 0.25) is 0 Å². The first-order valence-electron chi connectivity index (χ1n) is 6.54. The van der Waals surface area contributed by atoms with Crippen LogP contribution in [0, 0.1) is 0 Å². The van der Waals surface area contributed by atoms with Gasteiger partial charge in [0.15, 0.2) is 0 Å². The van der Waals surface area contributed by atoms with Crippen molar-refractivity contribution in [1.29, 1.82) is 0 Å². The Morgan fingerprint density at radius 3 is 2.72 bits per heavy atom. The Labute approximate surface area is 108 Å². The zero-order valence-corrected chi connectivity index (χ0v) is 10.8. The number of hydrogen-bond acceptors (Lipinski definition) is 3. The molecule has 1 aliphatic heterocycles. The van der Waals surface area contributed by atoms with Crippen LogP contribution in [0.3, 0.4) is 0 Å². The molecular formula is C14H20N2O2. The molecule has 0 aromatic heterocycles. The molecule has 1 aromatic carbocycles. The van der Waals surface area contributed by atoms with Gasteiger partial charge in [0.25, 0.3) is 5.91 Å². The minimum atomic E-state index is -0.00347. The van der Waals surface area contributed by atoms with E-state index in [1.54, 1.807) is 12.1 Å². The molecule has 0 atom stereocenters. The number of carbonyl (C=O) groups excluding carboxylic acids is 1. The van der Waals surface area contributed by atoms with Gasteiger partial charge >= 0.3 is 0 Å². The Kier molecular flexibility index (Phi) is 4.07. The second-order valence-electron chi connectivity index (χ2n) is 4.51. The number of nitrogens with two attached hydrogens (primary N) is 1. The number of benzene rings is 1. The fourth-order valence-electron chi connectivity index (χ4n) is 2.31. The lowest BCUT2D eigenvalue weighted by atomic mass is 10.1. The van der Waals surface area contributed by atoms with Gasteiger partial charge in [-0.3, -0.25) is 4.79 Å². The predicted molar refractivity (Wildman–Crippen MR) is 71.8 cm³/mol. The Bertz CT molecular complexity index is 426. The van der Waals surface area contributed by atoms with Crippen LogP contribution in [-0.2, 0) is 0 Å². The molecule has 1 amide bonds. The Morgan fingerprint density at radius 1 is 1.33 bits per heavy atom. The molecule has 2 N–H and O–H groups in total. The molecule has 18 heavy (non-hydrogen) atoms. The summed E-state index contributed by atoms with van der Waals surface area (Å²) in [5.74, 6) is 0.587. The Hall–Kier alpha value is -1.71. The van der Waals surface area contributed by atoms with E-state index in [-0.39, 0.29) is 5.91 Å². The summed E-state index contributed by atoms with van der Waals surface area (Å²) < 4.78 is 5.50. The average Bonchev–Trinajstić information content (AvgIpc) is 2.40. The quantitative estimate of drug-likeness (QED) is 0.835. The van der Waals surface area contributed by atoms with E-state index < -0.39 is 0 Å². The molecule has 1 heterocycles. The lowest BCUT2D eigenvalue weighted by Crippen LogP contribution is -2.36. The van der Waals surface area contributed by atoms with E-state index in [9.17, 15) is 4.79 Å². The average molecular weight is 248 g/mol. The number of likely N-dealkylation sites (tertiary alicyclic amines) is 1. The van der Waals surface area contributed by atoms with Crippen LogP contribution in [-0.4, -0.2) is 30.5 Å². The monoisotopic (exact) mass is 248 g/mol. The first kappa shape index (κ1) is 12.7. The van der Waals surface area contributed by atoms with Crippen LogP contribution in [0.1, 0.15) is 36.5 Å². The summed E-state index contributed by atoms with van der Waals surface area (Å²) in [6.45, 7) is 4.07. The van der Waals surface area contributed by atoms with E-state index in [1.807, 2.05) is 17.9 Å². The number of nitrogen functional groups attached to an aromatic ring is 1. The van der Waals surface area contributed by atoms with Gasteiger partial charge in [0, 0.05) is 18.8 Å². The molecule has 1 saturated heterocycles. The molecule has 0 unspecified atom stereocenters. The van der Waals surface area contributed by atoms with E-state index in [0.717, 1.165) is 25.9 Å². The van der Waals surface area contributed by atoms with Crippen LogP contribution in [0.4, 0.5) is 5.69 Å². The molecule has 0 radical (unpaired) electrons. The van der Waals surface area contributed by atoms with Crippen molar-refractivity contribution in [2.75, 3.05) is 25.4 Å². The third-order valence-electron chi connectivity index (χ3n) is 3.22. The van der Waals surface area contributed by atoms with Gasteiger partial charge in [0.05, 0.1) is 6.61 Å². The molecule has 4 nitrogen and oxygen atoms in total.